The number of hydrogen-bond donors (Lipinski definition) is 2. The molecule has 1 aliphatic carbocycles. The highest BCUT2D eigenvalue weighted by molar-refractivity contribution is 7.71. The molecule has 0 spiro atoms. The first kappa shape index (κ1) is 11.3. The van der Waals surface area contributed by atoms with Crippen LogP contribution in [0.25, 0.3) is 0 Å². The fourth-order valence-electron chi connectivity index (χ4n) is 3.16. The van der Waals surface area contributed by atoms with Crippen molar-refractivity contribution in [1.29, 1.82) is 0 Å². The van der Waals surface area contributed by atoms with Gasteiger partial charge in [0.1, 0.15) is 5.82 Å². The zero-order valence-corrected chi connectivity index (χ0v) is 11.1. The van der Waals surface area contributed by atoms with Gasteiger partial charge in [0.15, 0.2) is 4.77 Å². The molecule has 1 fully saturated rings. The van der Waals surface area contributed by atoms with E-state index in [9.17, 15) is 0 Å². The van der Waals surface area contributed by atoms with Crippen LogP contribution in [0.1, 0.15) is 37.4 Å². The number of nitrogens with two attached hydrogens (primary N) is 1. The maximum absolute atomic E-state index is 5.97. The Morgan fingerprint density at radius 2 is 2.00 bits per heavy atom. The third-order valence-corrected chi connectivity index (χ3v) is 4.44. The minimum absolute atomic E-state index is 0.394. The molecule has 5 heteroatoms. The van der Waals surface area contributed by atoms with Crippen LogP contribution in [0.15, 0.2) is 0 Å². The van der Waals surface area contributed by atoms with E-state index in [0.29, 0.717) is 12.1 Å². The topological polar surface area (TPSA) is 50.0 Å². The smallest absolute Gasteiger partial charge is 0.179 e. The first-order valence-electron chi connectivity index (χ1n) is 6.47. The van der Waals surface area contributed by atoms with Crippen molar-refractivity contribution in [2.45, 2.75) is 44.2 Å². The highest BCUT2D eigenvalue weighted by atomic mass is 32.1. The lowest BCUT2D eigenvalue weighted by atomic mass is 9.91. The monoisotopic (exact) mass is 252 g/mol. The Balaban J connectivity index is 1.95. The molecule has 0 atom stereocenters. The van der Waals surface area contributed by atoms with E-state index >= 15 is 0 Å². The Morgan fingerprint density at radius 3 is 2.71 bits per heavy atom. The van der Waals surface area contributed by atoms with E-state index in [4.69, 9.17) is 18.0 Å². The van der Waals surface area contributed by atoms with Crippen LogP contribution in [-0.2, 0) is 6.42 Å². The van der Waals surface area contributed by atoms with Gasteiger partial charge in [-0.2, -0.15) is 0 Å². The Hall–Kier alpha value is -0.810. The van der Waals surface area contributed by atoms with Gasteiger partial charge in [0.2, 0.25) is 0 Å². The van der Waals surface area contributed by atoms with Crippen molar-refractivity contribution >= 4 is 18.0 Å². The third kappa shape index (κ3) is 1.81. The van der Waals surface area contributed by atoms with E-state index in [-0.39, 0.29) is 0 Å². The molecule has 3 rings (SSSR count). The normalized spacial score (nSPS) is 28.5. The summed E-state index contributed by atoms with van der Waals surface area (Å²) in [6.07, 6.45) is 5.65. The molecule has 0 amide bonds. The number of anilines is 1. The van der Waals surface area contributed by atoms with Crippen LogP contribution in [0.3, 0.4) is 0 Å². The number of imidazole rings is 1. The quantitative estimate of drug-likeness (QED) is 0.751. The minimum atomic E-state index is 0.394. The van der Waals surface area contributed by atoms with Crippen molar-refractivity contribution in [3.8, 4) is 0 Å². The van der Waals surface area contributed by atoms with E-state index in [0.717, 1.165) is 43.4 Å². The molecule has 94 valence electrons. The summed E-state index contributed by atoms with van der Waals surface area (Å²) in [5.74, 6) is 1.32. The summed E-state index contributed by atoms with van der Waals surface area (Å²) >= 11 is 5.47. The maximum Gasteiger partial charge on any atom is 0.179 e. The fraction of sp³-hybridized carbons (Fsp3) is 0.750. The van der Waals surface area contributed by atoms with Crippen molar-refractivity contribution < 1.29 is 0 Å². The molecule has 0 aromatic carbocycles. The molecule has 4 nitrogen and oxygen atoms in total. The molecule has 3 N–H and O–H groups in total. The first-order chi connectivity index (χ1) is 8.16. The molecule has 2 aliphatic rings. The van der Waals surface area contributed by atoms with Crippen LogP contribution in [0.4, 0.5) is 5.82 Å². The predicted molar refractivity (Wildman–Crippen MR) is 72.1 cm³/mol. The molecule has 17 heavy (non-hydrogen) atoms. The Labute approximate surface area is 107 Å². The van der Waals surface area contributed by atoms with Crippen molar-refractivity contribution in [1.82, 2.24) is 9.55 Å². The van der Waals surface area contributed by atoms with Gasteiger partial charge in [0.25, 0.3) is 0 Å². The number of fused-ring (bicyclic) bond motifs is 1. The summed E-state index contributed by atoms with van der Waals surface area (Å²) in [6.45, 7) is 1.10. The lowest BCUT2D eigenvalue weighted by molar-refractivity contribution is 0.322. The Morgan fingerprint density at radius 1 is 1.29 bits per heavy atom. The molecule has 2 heterocycles. The van der Waals surface area contributed by atoms with Crippen molar-refractivity contribution in [2.75, 3.05) is 18.5 Å². The largest absolute Gasteiger partial charge is 0.359 e. The lowest BCUT2D eigenvalue weighted by Crippen LogP contribution is -2.29. The molecular formula is C12H20N4S. The van der Waals surface area contributed by atoms with Gasteiger partial charge in [0, 0.05) is 32.1 Å². The number of H-pyrrole nitrogens is 1. The first-order valence-corrected chi connectivity index (χ1v) is 6.87. The van der Waals surface area contributed by atoms with E-state index in [2.05, 4.69) is 21.5 Å². The van der Waals surface area contributed by atoms with Crippen LogP contribution in [0, 0.1) is 4.77 Å². The number of nitrogens with zero attached hydrogens (tertiary/aromatic N) is 2. The fourth-order valence-corrected chi connectivity index (χ4v) is 3.52. The number of hydrogen-bond acceptors (Lipinski definition) is 3. The van der Waals surface area contributed by atoms with Gasteiger partial charge >= 0.3 is 0 Å². The zero-order chi connectivity index (χ0) is 12.0. The van der Waals surface area contributed by atoms with Crippen molar-refractivity contribution in [2.24, 2.45) is 5.73 Å². The zero-order valence-electron chi connectivity index (χ0n) is 10.3. The number of aromatic amines is 1. The third-order valence-electron chi connectivity index (χ3n) is 4.14. The predicted octanol–water partition coefficient (Wildman–Crippen LogP) is 1.98. The maximum atomic E-state index is 5.97. The molecule has 0 saturated heterocycles. The van der Waals surface area contributed by atoms with Gasteiger partial charge in [-0.05, 0) is 37.9 Å². The molecule has 0 unspecified atom stereocenters. The number of aromatic nitrogens is 2. The number of rotatable bonds is 1. The Bertz CT molecular complexity index is 467. The van der Waals surface area contributed by atoms with Crippen LogP contribution in [-0.4, -0.2) is 29.2 Å². The summed E-state index contributed by atoms with van der Waals surface area (Å²) in [4.78, 5) is 5.68. The number of likely N-dealkylation sites (N-methyl/N-ethyl adjacent to an activating group) is 1. The van der Waals surface area contributed by atoms with Gasteiger partial charge in [-0.15, -0.1) is 0 Å². The number of nitrogens with one attached hydrogen (secondary N) is 1. The highest BCUT2D eigenvalue weighted by Gasteiger charge is 2.28. The standard InChI is InChI=1S/C12H20N4S/c1-15-7-6-10-11(15)16(12(17)14-10)9-4-2-8(13)3-5-9/h8-9H,2-7,13H2,1H3,(H,14,17). The van der Waals surface area contributed by atoms with Gasteiger partial charge in [-0.3, -0.25) is 0 Å². The average Bonchev–Trinajstić information content (AvgIpc) is 2.80. The SMILES string of the molecule is CN1CCc2[nH]c(=S)n(C3CCC(N)CC3)c21. The van der Waals surface area contributed by atoms with Crippen LogP contribution in [0.5, 0.6) is 0 Å². The van der Waals surface area contributed by atoms with E-state index < -0.39 is 0 Å². The van der Waals surface area contributed by atoms with Gasteiger partial charge in [-0.25, -0.2) is 0 Å². The second kappa shape index (κ2) is 4.14. The van der Waals surface area contributed by atoms with Crippen LogP contribution < -0.4 is 10.6 Å². The molecule has 0 bridgehead atoms. The second-order valence-electron chi connectivity index (χ2n) is 5.34. The van der Waals surface area contributed by atoms with Gasteiger partial charge in [-0.1, -0.05) is 0 Å². The molecular weight excluding hydrogens is 232 g/mol. The molecule has 1 aromatic heterocycles. The summed E-state index contributed by atoms with van der Waals surface area (Å²) in [5, 5.41) is 0. The van der Waals surface area contributed by atoms with Gasteiger partial charge < -0.3 is 20.2 Å². The minimum Gasteiger partial charge on any atom is -0.359 e. The highest BCUT2D eigenvalue weighted by Crippen LogP contribution is 2.35. The summed E-state index contributed by atoms with van der Waals surface area (Å²) < 4.78 is 3.23. The van der Waals surface area contributed by atoms with Crippen LogP contribution in [0.2, 0.25) is 0 Å². The summed E-state index contributed by atoms with van der Waals surface area (Å²) in [5.41, 5.74) is 7.29. The van der Waals surface area contributed by atoms with E-state index in [1.54, 1.807) is 0 Å². The van der Waals surface area contributed by atoms with Gasteiger partial charge in [0.05, 0.1) is 5.69 Å². The molecule has 1 aromatic rings. The summed E-state index contributed by atoms with van der Waals surface area (Å²) in [6, 6.07) is 0.938. The molecule has 1 saturated carbocycles. The summed E-state index contributed by atoms with van der Waals surface area (Å²) in [7, 11) is 2.15. The van der Waals surface area contributed by atoms with Crippen LogP contribution >= 0.6 is 12.2 Å². The van der Waals surface area contributed by atoms with Crippen molar-refractivity contribution in [3.63, 3.8) is 0 Å². The molecule has 1 aliphatic heterocycles. The average molecular weight is 252 g/mol. The second-order valence-corrected chi connectivity index (χ2v) is 5.73. The lowest BCUT2D eigenvalue weighted by Gasteiger charge is -2.29. The van der Waals surface area contributed by atoms with Crippen molar-refractivity contribution in [3.05, 3.63) is 10.5 Å². The van der Waals surface area contributed by atoms with E-state index in [1.165, 1.54) is 11.5 Å². The molecule has 0 radical (unpaired) electrons. The Kier molecular flexibility index (Phi) is 2.75. The van der Waals surface area contributed by atoms with E-state index in [1.807, 2.05) is 0 Å².